The molecule has 0 spiro atoms. The van der Waals surface area contributed by atoms with E-state index in [-0.39, 0.29) is 19.0 Å². The standard InChI is InChI=1S/C18H14N2O4S2/c1-2-24-12(21)9-20-16(11-6-4-8-26-11)14-13(18(20)23)15(19-17(14)22)10-5-3-7-25-10/h3-8,23H,2,9H2,1H3. The highest BCUT2D eigenvalue weighted by molar-refractivity contribution is 7.13. The molecule has 6 nitrogen and oxygen atoms in total. The van der Waals surface area contributed by atoms with Crippen LogP contribution in [0.1, 0.15) is 27.7 Å². The third-order valence-corrected chi connectivity index (χ3v) is 5.75. The number of amides is 1. The van der Waals surface area contributed by atoms with Crippen LogP contribution in [0.4, 0.5) is 0 Å². The molecule has 8 heteroatoms. The minimum atomic E-state index is -0.476. The number of hydrogen-bond donors (Lipinski definition) is 1. The Morgan fingerprint density at radius 1 is 1.19 bits per heavy atom. The monoisotopic (exact) mass is 386 g/mol. The van der Waals surface area contributed by atoms with E-state index in [1.165, 1.54) is 27.2 Å². The van der Waals surface area contributed by atoms with Crippen molar-refractivity contribution in [3.63, 3.8) is 0 Å². The summed E-state index contributed by atoms with van der Waals surface area (Å²) < 4.78 is 6.46. The van der Waals surface area contributed by atoms with Gasteiger partial charge in [0.25, 0.3) is 5.91 Å². The van der Waals surface area contributed by atoms with Gasteiger partial charge in [0.1, 0.15) is 6.54 Å². The number of hydrogen-bond acceptors (Lipinski definition) is 6. The molecule has 132 valence electrons. The minimum Gasteiger partial charge on any atom is -0.494 e. The van der Waals surface area contributed by atoms with Crippen molar-refractivity contribution in [3.05, 3.63) is 51.0 Å². The zero-order valence-electron chi connectivity index (χ0n) is 13.8. The third kappa shape index (κ3) is 2.58. The van der Waals surface area contributed by atoms with E-state index < -0.39 is 11.9 Å². The summed E-state index contributed by atoms with van der Waals surface area (Å²) in [6.45, 7) is 1.79. The lowest BCUT2D eigenvalue weighted by molar-refractivity contribution is -0.143. The molecule has 0 radical (unpaired) electrons. The van der Waals surface area contributed by atoms with Crippen molar-refractivity contribution in [2.45, 2.75) is 13.5 Å². The smallest absolute Gasteiger partial charge is 0.326 e. The molecule has 1 amide bonds. The maximum absolute atomic E-state index is 12.6. The highest BCUT2D eigenvalue weighted by Gasteiger charge is 2.37. The summed E-state index contributed by atoms with van der Waals surface area (Å²) in [5, 5.41) is 14.6. The molecule has 0 unspecified atom stereocenters. The van der Waals surface area contributed by atoms with Crippen LogP contribution in [0.3, 0.4) is 0 Å². The van der Waals surface area contributed by atoms with Gasteiger partial charge in [-0.2, -0.15) is 0 Å². The van der Waals surface area contributed by atoms with Gasteiger partial charge in [-0.05, 0) is 29.8 Å². The molecule has 4 rings (SSSR count). The molecule has 0 saturated carbocycles. The highest BCUT2D eigenvalue weighted by Crippen LogP contribution is 2.42. The molecular formula is C18H14N2O4S2. The number of aromatic nitrogens is 1. The third-order valence-electron chi connectivity index (χ3n) is 4.00. The molecule has 1 N–H and O–H groups in total. The van der Waals surface area contributed by atoms with E-state index in [1.807, 2.05) is 35.0 Å². The fourth-order valence-corrected chi connectivity index (χ4v) is 4.51. The first-order valence-electron chi connectivity index (χ1n) is 7.94. The first kappa shape index (κ1) is 16.7. The number of fused-ring (bicyclic) bond motifs is 1. The Bertz CT molecular complexity index is 1010. The average Bonchev–Trinajstić information content (AvgIpc) is 3.37. The van der Waals surface area contributed by atoms with Crippen molar-refractivity contribution in [1.82, 2.24) is 4.57 Å². The second kappa shape index (κ2) is 6.54. The fraction of sp³-hybridized carbons (Fsp3) is 0.167. The minimum absolute atomic E-state index is 0.144. The number of rotatable bonds is 5. The first-order valence-corrected chi connectivity index (χ1v) is 9.70. The van der Waals surface area contributed by atoms with Gasteiger partial charge in [-0.15, -0.1) is 22.7 Å². The van der Waals surface area contributed by atoms with Crippen molar-refractivity contribution >= 4 is 40.3 Å². The summed E-state index contributed by atoms with van der Waals surface area (Å²) in [5.74, 6) is -1.03. The van der Waals surface area contributed by atoms with Gasteiger partial charge in [-0.3, -0.25) is 14.2 Å². The van der Waals surface area contributed by atoms with Crippen molar-refractivity contribution < 1.29 is 19.4 Å². The molecule has 26 heavy (non-hydrogen) atoms. The van der Waals surface area contributed by atoms with Gasteiger partial charge in [0.15, 0.2) is 0 Å². The Kier molecular flexibility index (Phi) is 4.21. The van der Waals surface area contributed by atoms with E-state index in [2.05, 4.69) is 4.99 Å². The maximum atomic E-state index is 12.6. The van der Waals surface area contributed by atoms with E-state index in [0.29, 0.717) is 22.5 Å². The number of ether oxygens (including phenoxy) is 1. The topological polar surface area (TPSA) is 80.9 Å². The molecule has 0 aromatic carbocycles. The zero-order chi connectivity index (χ0) is 18.3. The molecule has 0 fully saturated rings. The molecule has 1 aliphatic heterocycles. The van der Waals surface area contributed by atoms with Crippen LogP contribution in [0.2, 0.25) is 0 Å². The lowest BCUT2D eigenvalue weighted by atomic mass is 10.1. The number of aliphatic imine (C=N–C) groups is 1. The van der Waals surface area contributed by atoms with E-state index in [4.69, 9.17) is 4.74 Å². The Morgan fingerprint density at radius 2 is 1.88 bits per heavy atom. The van der Waals surface area contributed by atoms with E-state index >= 15 is 0 Å². The Labute approximate surface area is 157 Å². The van der Waals surface area contributed by atoms with E-state index in [0.717, 1.165) is 9.75 Å². The predicted octanol–water partition coefficient (Wildman–Crippen LogP) is 3.54. The van der Waals surface area contributed by atoms with Gasteiger partial charge in [0, 0.05) is 0 Å². The van der Waals surface area contributed by atoms with Crippen molar-refractivity contribution in [3.8, 4) is 16.5 Å². The molecule has 1 aliphatic rings. The zero-order valence-corrected chi connectivity index (χ0v) is 15.4. The summed E-state index contributed by atoms with van der Waals surface area (Å²) >= 11 is 2.86. The number of aromatic hydroxyl groups is 1. The lowest BCUT2D eigenvalue weighted by Crippen LogP contribution is -2.14. The molecule has 0 aliphatic carbocycles. The van der Waals surface area contributed by atoms with Crippen LogP contribution >= 0.6 is 22.7 Å². The summed E-state index contributed by atoms with van der Waals surface area (Å²) in [6, 6.07) is 7.40. The molecule has 0 bridgehead atoms. The molecule has 3 aromatic rings. The molecular weight excluding hydrogens is 372 g/mol. The number of esters is 1. The molecule has 0 saturated heterocycles. The van der Waals surface area contributed by atoms with Crippen LogP contribution in [0.5, 0.6) is 5.88 Å². The van der Waals surface area contributed by atoms with Crippen molar-refractivity contribution in [1.29, 1.82) is 0 Å². The van der Waals surface area contributed by atoms with Crippen LogP contribution in [-0.2, 0) is 16.1 Å². The van der Waals surface area contributed by atoms with Crippen molar-refractivity contribution in [2.75, 3.05) is 6.61 Å². The maximum Gasteiger partial charge on any atom is 0.326 e. The van der Waals surface area contributed by atoms with Crippen LogP contribution in [-0.4, -0.2) is 33.9 Å². The summed E-state index contributed by atoms with van der Waals surface area (Å²) in [6.07, 6.45) is 0. The summed E-state index contributed by atoms with van der Waals surface area (Å²) in [7, 11) is 0. The van der Waals surface area contributed by atoms with Gasteiger partial charge < -0.3 is 9.84 Å². The van der Waals surface area contributed by atoms with Gasteiger partial charge >= 0.3 is 5.97 Å². The lowest BCUT2D eigenvalue weighted by Gasteiger charge is -2.10. The molecule has 3 aromatic heterocycles. The highest BCUT2D eigenvalue weighted by atomic mass is 32.1. The van der Waals surface area contributed by atoms with E-state index in [1.54, 1.807) is 6.92 Å². The normalized spacial score (nSPS) is 13.0. The molecule has 4 heterocycles. The van der Waals surface area contributed by atoms with Crippen LogP contribution in [0.25, 0.3) is 10.6 Å². The Hall–Kier alpha value is -2.71. The summed E-state index contributed by atoms with van der Waals surface area (Å²) in [5.41, 5.74) is 1.65. The summed E-state index contributed by atoms with van der Waals surface area (Å²) in [4.78, 5) is 30.4. The fourth-order valence-electron chi connectivity index (χ4n) is 3.00. The number of thiophene rings is 2. The second-order valence-corrected chi connectivity index (χ2v) is 7.43. The predicted molar refractivity (Wildman–Crippen MR) is 100 cm³/mol. The number of nitrogens with zero attached hydrogens (tertiary/aromatic N) is 2. The first-order chi connectivity index (χ1) is 12.6. The van der Waals surface area contributed by atoms with Gasteiger partial charge in [0.05, 0.1) is 38.9 Å². The van der Waals surface area contributed by atoms with E-state index in [9.17, 15) is 14.7 Å². The number of carbonyl (C=O) groups excluding carboxylic acids is 2. The van der Waals surface area contributed by atoms with Crippen LogP contribution < -0.4 is 0 Å². The Morgan fingerprint density at radius 3 is 2.50 bits per heavy atom. The van der Waals surface area contributed by atoms with Crippen LogP contribution in [0, 0.1) is 0 Å². The quantitative estimate of drug-likeness (QED) is 0.680. The van der Waals surface area contributed by atoms with Crippen molar-refractivity contribution in [2.24, 2.45) is 4.99 Å². The second-order valence-electron chi connectivity index (χ2n) is 5.53. The SMILES string of the molecule is CCOC(=O)Cn1c(O)c2c(c1-c1cccs1)C(=O)N=C2c1cccs1. The number of carbonyl (C=O) groups is 2. The largest absolute Gasteiger partial charge is 0.494 e. The Balaban J connectivity index is 1.92. The van der Waals surface area contributed by atoms with Crippen LogP contribution in [0.15, 0.2) is 40.0 Å². The van der Waals surface area contributed by atoms with Gasteiger partial charge in [-0.25, -0.2) is 4.99 Å². The average molecular weight is 386 g/mol. The molecule has 0 atom stereocenters. The van der Waals surface area contributed by atoms with Gasteiger partial charge in [-0.1, -0.05) is 12.1 Å². The van der Waals surface area contributed by atoms with Gasteiger partial charge in [0.2, 0.25) is 5.88 Å².